The van der Waals surface area contributed by atoms with E-state index in [1.54, 1.807) is 11.3 Å². The molecule has 1 amide bonds. The summed E-state index contributed by atoms with van der Waals surface area (Å²) in [4.78, 5) is 13.2. The van der Waals surface area contributed by atoms with E-state index in [0.717, 1.165) is 16.1 Å². The monoisotopic (exact) mass is 284 g/mol. The molecule has 100 valence electrons. The third-order valence-electron chi connectivity index (χ3n) is 2.92. The number of hydrogen-bond donors (Lipinski definition) is 1. The Labute approximate surface area is 120 Å². The maximum Gasteiger partial charge on any atom is 0.278 e. The summed E-state index contributed by atoms with van der Waals surface area (Å²) >= 11 is 1.55. The van der Waals surface area contributed by atoms with Crippen molar-refractivity contribution in [2.45, 2.75) is 6.92 Å². The van der Waals surface area contributed by atoms with Crippen molar-refractivity contribution in [3.8, 4) is 10.6 Å². The number of nitrogens with one attached hydrogen (secondary N) is 1. The van der Waals surface area contributed by atoms with Gasteiger partial charge in [-0.25, -0.2) is 0 Å². The number of benzene rings is 1. The molecule has 0 atom stereocenters. The summed E-state index contributed by atoms with van der Waals surface area (Å²) < 4.78 is 5.30. The molecule has 0 spiro atoms. The highest BCUT2D eigenvalue weighted by Crippen LogP contribution is 2.29. The Hall–Kier alpha value is -2.40. The molecule has 3 rings (SSSR count). The fourth-order valence-electron chi connectivity index (χ4n) is 1.90. The van der Waals surface area contributed by atoms with Gasteiger partial charge in [0.25, 0.3) is 5.91 Å². The molecule has 2 heterocycles. The third-order valence-corrected chi connectivity index (χ3v) is 3.78. The fraction of sp³-hybridized carbons (Fsp3) is 0.0667. The van der Waals surface area contributed by atoms with Crippen LogP contribution in [0, 0.1) is 6.92 Å². The van der Waals surface area contributed by atoms with E-state index in [1.807, 2.05) is 54.8 Å². The zero-order valence-corrected chi connectivity index (χ0v) is 11.6. The molecule has 0 aliphatic carbocycles. The molecule has 0 unspecified atom stereocenters. The number of hydrogen-bond acceptors (Lipinski definition) is 4. The summed E-state index contributed by atoms with van der Waals surface area (Å²) in [5.74, 6) is 0.387. The van der Waals surface area contributed by atoms with Gasteiger partial charge >= 0.3 is 0 Å². The molecular weight excluding hydrogens is 272 g/mol. The van der Waals surface area contributed by atoms with Gasteiger partial charge in [0.05, 0.1) is 4.88 Å². The minimum absolute atomic E-state index is 0.264. The average molecular weight is 284 g/mol. The molecular formula is C15H12N2O2S. The number of carbonyl (C=O) groups is 1. The topological polar surface area (TPSA) is 55.1 Å². The highest BCUT2D eigenvalue weighted by atomic mass is 32.1. The van der Waals surface area contributed by atoms with Crippen molar-refractivity contribution >= 4 is 22.9 Å². The third kappa shape index (κ3) is 2.35. The molecule has 0 fully saturated rings. The number of nitrogens with zero attached hydrogens (tertiary/aromatic N) is 1. The number of carbonyl (C=O) groups excluding carboxylic acids is 1. The van der Waals surface area contributed by atoms with Gasteiger partial charge in [-0.3, -0.25) is 4.79 Å². The van der Waals surface area contributed by atoms with Crippen LogP contribution in [-0.2, 0) is 0 Å². The zero-order valence-electron chi connectivity index (χ0n) is 10.8. The first-order valence-corrected chi connectivity index (χ1v) is 7.00. The molecule has 0 saturated heterocycles. The normalized spacial score (nSPS) is 10.4. The Morgan fingerprint density at radius 2 is 2.00 bits per heavy atom. The second-order valence-electron chi connectivity index (χ2n) is 4.28. The van der Waals surface area contributed by atoms with Crippen LogP contribution < -0.4 is 5.32 Å². The lowest BCUT2D eigenvalue weighted by molar-refractivity contribution is 0.101. The molecule has 20 heavy (non-hydrogen) atoms. The smallest absolute Gasteiger partial charge is 0.278 e. The first-order chi connectivity index (χ1) is 9.75. The van der Waals surface area contributed by atoms with Crippen molar-refractivity contribution in [3.05, 3.63) is 59.1 Å². The van der Waals surface area contributed by atoms with Crippen molar-refractivity contribution in [1.29, 1.82) is 0 Å². The molecule has 2 aromatic heterocycles. The number of anilines is 1. The molecule has 4 nitrogen and oxygen atoms in total. The molecule has 1 aromatic carbocycles. The summed E-state index contributed by atoms with van der Waals surface area (Å²) in [5, 5.41) is 8.65. The van der Waals surface area contributed by atoms with E-state index in [-0.39, 0.29) is 5.91 Å². The zero-order chi connectivity index (χ0) is 13.9. The van der Waals surface area contributed by atoms with Gasteiger partial charge in [-0.2, -0.15) is 0 Å². The molecule has 0 radical (unpaired) electrons. The number of rotatable bonds is 3. The lowest BCUT2D eigenvalue weighted by atomic mass is 10.2. The van der Waals surface area contributed by atoms with Gasteiger partial charge in [-0.15, -0.1) is 11.3 Å². The van der Waals surface area contributed by atoms with Crippen LogP contribution in [0.15, 0.2) is 52.4 Å². The van der Waals surface area contributed by atoms with E-state index in [4.69, 9.17) is 4.52 Å². The van der Waals surface area contributed by atoms with Gasteiger partial charge in [0.2, 0.25) is 0 Å². The minimum atomic E-state index is -0.264. The fourth-order valence-corrected chi connectivity index (χ4v) is 2.66. The Balaban J connectivity index is 1.86. The number of thiophene rings is 1. The van der Waals surface area contributed by atoms with Crippen LogP contribution in [0.5, 0.6) is 0 Å². The Bertz CT molecular complexity index is 718. The number of para-hydroxylation sites is 1. The molecule has 0 saturated carbocycles. The van der Waals surface area contributed by atoms with E-state index in [9.17, 15) is 4.79 Å². The van der Waals surface area contributed by atoms with Gasteiger partial charge in [0.1, 0.15) is 0 Å². The second kappa shape index (κ2) is 5.30. The van der Waals surface area contributed by atoms with Gasteiger partial charge < -0.3 is 9.84 Å². The van der Waals surface area contributed by atoms with Crippen molar-refractivity contribution < 1.29 is 9.32 Å². The second-order valence-corrected chi connectivity index (χ2v) is 5.23. The van der Waals surface area contributed by atoms with Crippen LogP contribution in [0.25, 0.3) is 10.6 Å². The van der Waals surface area contributed by atoms with Crippen LogP contribution in [-0.4, -0.2) is 11.1 Å². The Kier molecular flexibility index (Phi) is 3.35. The Morgan fingerprint density at radius 1 is 1.20 bits per heavy atom. The number of amides is 1. The molecule has 5 heteroatoms. The predicted molar refractivity (Wildman–Crippen MR) is 78.9 cm³/mol. The number of aromatic nitrogens is 1. The summed E-state index contributed by atoms with van der Waals surface area (Å²) in [6.45, 7) is 1.84. The van der Waals surface area contributed by atoms with Crippen molar-refractivity contribution in [3.63, 3.8) is 0 Å². The molecule has 0 aliphatic rings. The van der Waals surface area contributed by atoms with Crippen molar-refractivity contribution in [2.24, 2.45) is 0 Å². The maximum atomic E-state index is 12.2. The summed E-state index contributed by atoms with van der Waals surface area (Å²) in [7, 11) is 0. The molecule has 0 bridgehead atoms. The summed E-state index contributed by atoms with van der Waals surface area (Å²) in [5.41, 5.74) is 1.80. The predicted octanol–water partition coefficient (Wildman–Crippen LogP) is 3.96. The quantitative estimate of drug-likeness (QED) is 0.792. The van der Waals surface area contributed by atoms with Gasteiger partial charge in [0, 0.05) is 11.3 Å². The van der Waals surface area contributed by atoms with Gasteiger partial charge in [-0.05, 0) is 30.5 Å². The SMILES string of the molecule is Cc1c(C(=O)Nc2ccccc2)noc1-c1cccs1. The Morgan fingerprint density at radius 3 is 2.70 bits per heavy atom. The first-order valence-electron chi connectivity index (χ1n) is 6.12. The van der Waals surface area contributed by atoms with E-state index >= 15 is 0 Å². The lowest BCUT2D eigenvalue weighted by Gasteiger charge is -2.02. The maximum absolute atomic E-state index is 12.2. The molecule has 3 aromatic rings. The van der Waals surface area contributed by atoms with Crippen LogP contribution >= 0.6 is 11.3 Å². The van der Waals surface area contributed by atoms with Crippen LogP contribution in [0.4, 0.5) is 5.69 Å². The first kappa shape index (κ1) is 12.6. The highest BCUT2D eigenvalue weighted by Gasteiger charge is 2.20. The largest absolute Gasteiger partial charge is 0.354 e. The van der Waals surface area contributed by atoms with E-state index < -0.39 is 0 Å². The molecule has 1 N–H and O–H groups in total. The van der Waals surface area contributed by atoms with E-state index in [2.05, 4.69) is 10.5 Å². The van der Waals surface area contributed by atoms with Gasteiger partial charge in [-0.1, -0.05) is 29.4 Å². The van der Waals surface area contributed by atoms with Crippen LogP contribution in [0.1, 0.15) is 16.1 Å². The lowest BCUT2D eigenvalue weighted by Crippen LogP contribution is -2.13. The van der Waals surface area contributed by atoms with E-state index in [1.165, 1.54) is 0 Å². The highest BCUT2D eigenvalue weighted by molar-refractivity contribution is 7.13. The summed E-state index contributed by atoms with van der Waals surface area (Å²) in [6.07, 6.45) is 0. The standard InChI is InChI=1S/C15H12N2O2S/c1-10-13(15(18)16-11-6-3-2-4-7-11)17-19-14(10)12-8-5-9-20-12/h2-9H,1H3,(H,16,18). The van der Waals surface area contributed by atoms with Crippen LogP contribution in [0.3, 0.4) is 0 Å². The van der Waals surface area contributed by atoms with E-state index in [0.29, 0.717) is 11.5 Å². The van der Waals surface area contributed by atoms with Crippen molar-refractivity contribution in [1.82, 2.24) is 5.16 Å². The summed E-state index contributed by atoms with van der Waals surface area (Å²) in [6, 6.07) is 13.2. The van der Waals surface area contributed by atoms with Crippen LogP contribution in [0.2, 0.25) is 0 Å². The average Bonchev–Trinajstić information content (AvgIpc) is 3.08. The molecule has 0 aliphatic heterocycles. The minimum Gasteiger partial charge on any atom is -0.354 e. The van der Waals surface area contributed by atoms with Gasteiger partial charge in [0.15, 0.2) is 11.5 Å². The van der Waals surface area contributed by atoms with Crippen molar-refractivity contribution in [2.75, 3.05) is 5.32 Å².